The second-order valence-electron chi connectivity index (χ2n) is 12.3. The summed E-state index contributed by atoms with van der Waals surface area (Å²) < 4.78 is 0. The molecule has 2 aromatic rings. The second-order valence-corrected chi connectivity index (χ2v) is 12.3. The Hall–Kier alpha value is -5.21. The van der Waals surface area contributed by atoms with E-state index in [4.69, 9.17) is 0 Å². The van der Waals surface area contributed by atoms with E-state index in [1.165, 1.54) is 24.5 Å². The van der Waals surface area contributed by atoms with Gasteiger partial charge in [0, 0.05) is 77.6 Å². The van der Waals surface area contributed by atoms with Crippen LogP contribution in [0.15, 0.2) is 48.8 Å². The van der Waals surface area contributed by atoms with Crippen molar-refractivity contribution < 1.29 is 59.1 Å². The molecule has 0 unspecified atom stereocenters. The molecule has 19 nitrogen and oxygen atoms in total. The molecule has 5 N–H and O–H groups in total. The van der Waals surface area contributed by atoms with Crippen molar-refractivity contribution in [1.29, 1.82) is 0 Å². The first-order valence-corrected chi connectivity index (χ1v) is 16.7. The van der Waals surface area contributed by atoms with E-state index in [2.05, 4.69) is 9.97 Å². The van der Waals surface area contributed by atoms with Gasteiger partial charge in [-0.15, -0.1) is 0 Å². The normalized spacial score (nSPS) is 11.4. The van der Waals surface area contributed by atoms with Crippen LogP contribution in [0.5, 0.6) is 0 Å². The number of carbonyl (C=O) groups excluding carboxylic acids is 2. The molecule has 2 heterocycles. The van der Waals surface area contributed by atoms with Gasteiger partial charge in [-0.3, -0.25) is 68.0 Å². The third kappa shape index (κ3) is 21.0. The first-order chi connectivity index (χ1) is 25.2. The number of nitrogens with zero attached hydrogens (tertiary/aromatic N) is 7. The average Bonchev–Trinajstić information content (AvgIpc) is 3.07. The summed E-state index contributed by atoms with van der Waals surface area (Å²) >= 11 is 0. The number of carboxylic acids is 5. The maximum absolute atomic E-state index is 12.9. The van der Waals surface area contributed by atoms with Crippen molar-refractivity contribution in [1.82, 2.24) is 34.5 Å². The summed E-state index contributed by atoms with van der Waals surface area (Å²) in [7, 11) is 0. The topological polar surface area (TPSA) is 263 Å². The molecular weight excluding hydrogens is 698 g/mol. The highest BCUT2D eigenvalue weighted by Gasteiger charge is 2.21. The Kier molecular flexibility index (Phi) is 20.0. The van der Waals surface area contributed by atoms with Crippen LogP contribution in [-0.4, -0.2) is 186 Å². The van der Waals surface area contributed by atoms with Crippen molar-refractivity contribution in [3.05, 3.63) is 60.2 Å². The molecule has 0 amide bonds. The predicted octanol–water partition coefficient (Wildman–Crippen LogP) is -0.972. The van der Waals surface area contributed by atoms with E-state index in [1.54, 1.807) is 48.8 Å². The largest absolute Gasteiger partial charge is 0.480 e. The van der Waals surface area contributed by atoms with Gasteiger partial charge in [-0.1, -0.05) is 12.1 Å². The zero-order chi connectivity index (χ0) is 39.2. The van der Waals surface area contributed by atoms with Gasteiger partial charge in [0.25, 0.3) is 0 Å². The van der Waals surface area contributed by atoms with Crippen LogP contribution in [-0.2, 0) is 46.7 Å². The average molecular weight is 746 g/mol. The lowest BCUT2D eigenvalue weighted by Crippen LogP contribution is -2.45. The van der Waals surface area contributed by atoms with Gasteiger partial charge in [-0.25, -0.2) is 0 Å². The van der Waals surface area contributed by atoms with Crippen LogP contribution in [0.25, 0.3) is 0 Å². The molecule has 0 spiro atoms. The maximum Gasteiger partial charge on any atom is 0.317 e. The second kappa shape index (κ2) is 24.1. The lowest BCUT2D eigenvalue weighted by atomic mass is 10.2. The highest BCUT2D eigenvalue weighted by atomic mass is 16.4. The fourth-order valence-electron chi connectivity index (χ4n) is 5.31. The first-order valence-electron chi connectivity index (χ1n) is 16.7. The molecule has 0 atom stereocenters. The highest BCUT2D eigenvalue weighted by molar-refractivity contribution is 5.82. The van der Waals surface area contributed by atoms with Gasteiger partial charge in [-0.2, -0.15) is 0 Å². The van der Waals surface area contributed by atoms with Gasteiger partial charge in [0.2, 0.25) is 0 Å². The molecule has 0 aliphatic heterocycles. The molecule has 2 aromatic heterocycles. The van der Waals surface area contributed by atoms with Gasteiger partial charge < -0.3 is 25.5 Å². The molecule has 290 valence electrons. The predicted molar refractivity (Wildman–Crippen MR) is 186 cm³/mol. The van der Waals surface area contributed by atoms with Gasteiger partial charge in [0.05, 0.1) is 57.2 Å². The first kappa shape index (κ1) is 44.0. The van der Waals surface area contributed by atoms with Crippen LogP contribution in [0.3, 0.4) is 0 Å². The smallest absolute Gasteiger partial charge is 0.317 e. The van der Waals surface area contributed by atoms with E-state index in [-0.39, 0.29) is 103 Å². The summed E-state index contributed by atoms with van der Waals surface area (Å²) in [5, 5.41) is 47.0. The Labute approximate surface area is 306 Å². The maximum atomic E-state index is 12.9. The molecule has 0 aliphatic rings. The molecule has 19 heteroatoms. The summed E-state index contributed by atoms with van der Waals surface area (Å²) in [6.07, 6.45) is 2.97. The molecular formula is C34H47N7O12. The standard InChI is InChI=1S/C34H47N7O12/c42-28(7-11-38(22-31(46)47)17-26-5-1-3-9-35-26)19-40(24-33(50)51)15-13-37(21-30(44)45)14-16-41(25-34(52)53)20-29(43)8-12-39(23-32(48)49)18-27-6-2-4-10-36-27/h1-6,9-10H,7-8,11-25H2,(H,44,45)(H,46,47)(H,48,49)(H,50,51)(H,52,53). The van der Waals surface area contributed by atoms with Crippen LogP contribution >= 0.6 is 0 Å². The number of hydrogen-bond acceptors (Lipinski definition) is 14. The minimum Gasteiger partial charge on any atom is -0.480 e. The fourth-order valence-corrected chi connectivity index (χ4v) is 5.31. The molecule has 0 saturated heterocycles. The Balaban J connectivity index is 1.98. The van der Waals surface area contributed by atoms with Crippen molar-refractivity contribution in [3.63, 3.8) is 0 Å². The number of carbonyl (C=O) groups is 7. The molecule has 2 rings (SSSR count). The molecule has 53 heavy (non-hydrogen) atoms. The Morgan fingerprint density at radius 1 is 0.415 bits per heavy atom. The van der Waals surface area contributed by atoms with E-state index < -0.39 is 49.5 Å². The third-order valence-corrected chi connectivity index (χ3v) is 7.70. The summed E-state index contributed by atoms with van der Waals surface area (Å²) in [4.78, 5) is 98.9. The fraction of sp³-hybridized carbons (Fsp3) is 0.500. The summed E-state index contributed by atoms with van der Waals surface area (Å²) in [6.45, 7) is -2.39. The highest BCUT2D eigenvalue weighted by Crippen LogP contribution is 2.06. The van der Waals surface area contributed by atoms with Crippen molar-refractivity contribution in [2.75, 3.05) is 85.1 Å². The summed E-state index contributed by atoms with van der Waals surface area (Å²) in [5.74, 6) is -6.56. The van der Waals surface area contributed by atoms with E-state index in [0.29, 0.717) is 11.4 Å². The van der Waals surface area contributed by atoms with Crippen LogP contribution in [0.2, 0.25) is 0 Å². The van der Waals surface area contributed by atoms with E-state index in [1.807, 2.05) is 0 Å². The summed E-state index contributed by atoms with van der Waals surface area (Å²) in [5.41, 5.74) is 1.22. The minimum absolute atomic E-state index is 0.00972. The lowest BCUT2D eigenvalue weighted by molar-refractivity contribution is -0.141. The van der Waals surface area contributed by atoms with Crippen LogP contribution in [0.1, 0.15) is 24.2 Å². The molecule has 0 fully saturated rings. The van der Waals surface area contributed by atoms with E-state index >= 15 is 0 Å². The van der Waals surface area contributed by atoms with Crippen molar-refractivity contribution in [2.24, 2.45) is 0 Å². The number of carboxylic acid groups (broad SMARTS) is 5. The van der Waals surface area contributed by atoms with Crippen molar-refractivity contribution in [3.8, 4) is 0 Å². The minimum atomic E-state index is -1.22. The van der Waals surface area contributed by atoms with E-state index in [9.17, 15) is 59.1 Å². The monoisotopic (exact) mass is 745 g/mol. The number of ketones is 2. The zero-order valence-corrected chi connectivity index (χ0v) is 29.4. The third-order valence-electron chi connectivity index (χ3n) is 7.70. The summed E-state index contributed by atoms with van der Waals surface area (Å²) in [6, 6.07) is 10.4. The van der Waals surface area contributed by atoms with E-state index in [0.717, 1.165) is 0 Å². The number of hydrogen-bond donors (Lipinski definition) is 5. The Morgan fingerprint density at radius 3 is 1.06 bits per heavy atom. The molecule has 0 saturated carbocycles. The van der Waals surface area contributed by atoms with Crippen LogP contribution in [0, 0.1) is 0 Å². The lowest BCUT2D eigenvalue weighted by Gasteiger charge is -2.28. The van der Waals surface area contributed by atoms with Crippen molar-refractivity contribution >= 4 is 41.4 Å². The SMILES string of the molecule is O=C(O)CN(CCN(CC(=O)O)CC(=O)CCN(CC(=O)O)Cc1ccccn1)CCN(CC(=O)O)CC(=O)CCN(CC(=O)O)Cc1ccccn1. The number of pyridine rings is 2. The van der Waals surface area contributed by atoms with Crippen molar-refractivity contribution in [2.45, 2.75) is 25.9 Å². The van der Waals surface area contributed by atoms with Gasteiger partial charge in [0.1, 0.15) is 11.6 Å². The number of aromatic nitrogens is 2. The quantitative estimate of drug-likeness (QED) is 0.0644. The van der Waals surface area contributed by atoms with Gasteiger partial charge in [0.15, 0.2) is 0 Å². The van der Waals surface area contributed by atoms with Crippen LogP contribution < -0.4 is 0 Å². The number of Topliss-reactive ketones (excluding diaryl/α,β-unsaturated/α-hetero) is 2. The number of rotatable bonds is 30. The molecule has 0 aliphatic carbocycles. The Bertz CT molecular complexity index is 1400. The van der Waals surface area contributed by atoms with Gasteiger partial charge >= 0.3 is 29.8 Å². The zero-order valence-electron chi connectivity index (χ0n) is 29.4. The molecule has 0 aromatic carbocycles. The number of aliphatic carboxylic acids is 5. The van der Waals surface area contributed by atoms with Crippen LogP contribution in [0.4, 0.5) is 0 Å². The van der Waals surface area contributed by atoms with Gasteiger partial charge in [-0.05, 0) is 24.3 Å². The molecule has 0 radical (unpaired) electrons. The Morgan fingerprint density at radius 2 is 0.736 bits per heavy atom. The molecule has 0 bridgehead atoms.